The fourth-order valence-electron chi connectivity index (χ4n) is 3.38. The van der Waals surface area contributed by atoms with E-state index in [1.165, 1.54) is 47.7 Å². The van der Waals surface area contributed by atoms with Crippen LogP contribution < -0.4 is 10.6 Å². The molecule has 2 unspecified atom stereocenters. The fourth-order valence-corrected chi connectivity index (χ4v) is 5.84. The summed E-state index contributed by atoms with van der Waals surface area (Å²) in [7, 11) is 1.50. The van der Waals surface area contributed by atoms with Gasteiger partial charge in [-0.15, -0.1) is 11.3 Å². The molecule has 0 bridgehead atoms. The van der Waals surface area contributed by atoms with Gasteiger partial charge in [-0.2, -0.15) is 0 Å². The summed E-state index contributed by atoms with van der Waals surface area (Å²) in [6.45, 7) is 3.83. The van der Waals surface area contributed by atoms with E-state index in [9.17, 15) is 8.42 Å². The number of nitrogens with one attached hydrogen (secondary N) is 2. The van der Waals surface area contributed by atoms with Crippen LogP contribution in [0.5, 0.6) is 0 Å². The largest absolute Gasteiger partial charge is 0.356 e. The van der Waals surface area contributed by atoms with E-state index in [1.54, 1.807) is 27.2 Å². The average Bonchev–Trinajstić information content (AvgIpc) is 3.07. The van der Waals surface area contributed by atoms with E-state index in [-0.39, 0.29) is 0 Å². The van der Waals surface area contributed by atoms with Crippen LogP contribution in [0, 0.1) is 11.8 Å². The predicted octanol–water partition coefficient (Wildman–Crippen LogP) is 2.88. The van der Waals surface area contributed by atoms with Crippen molar-refractivity contribution in [3.63, 3.8) is 0 Å². The highest BCUT2D eigenvalue weighted by molar-refractivity contribution is 7.91. The number of hydrogen-bond donors (Lipinski definition) is 2. The zero-order chi connectivity index (χ0) is 19.2. The van der Waals surface area contributed by atoms with Gasteiger partial charge in [0, 0.05) is 32.6 Å². The van der Waals surface area contributed by atoms with Crippen molar-refractivity contribution in [3.05, 3.63) is 17.0 Å². The Balaban J connectivity index is 1.78. The van der Waals surface area contributed by atoms with Crippen molar-refractivity contribution in [1.29, 1.82) is 0 Å². The molecule has 0 aliphatic heterocycles. The molecule has 1 aromatic rings. The molecule has 26 heavy (non-hydrogen) atoms. The first kappa shape index (κ1) is 21.2. The van der Waals surface area contributed by atoms with Crippen LogP contribution in [0.1, 0.15) is 43.9 Å². The van der Waals surface area contributed by atoms with E-state index in [0.717, 1.165) is 29.2 Å². The van der Waals surface area contributed by atoms with Crippen molar-refractivity contribution in [2.75, 3.05) is 27.7 Å². The van der Waals surface area contributed by atoms with Gasteiger partial charge in [0.25, 0.3) is 10.0 Å². The Morgan fingerprint density at radius 3 is 2.73 bits per heavy atom. The molecule has 2 N–H and O–H groups in total. The van der Waals surface area contributed by atoms with Crippen LogP contribution in [0.3, 0.4) is 0 Å². The maximum absolute atomic E-state index is 12.1. The summed E-state index contributed by atoms with van der Waals surface area (Å²) in [6.07, 6.45) is 6.59. The van der Waals surface area contributed by atoms with Crippen LogP contribution >= 0.6 is 11.3 Å². The summed E-state index contributed by atoms with van der Waals surface area (Å²) in [5.74, 6) is 2.44. The second kappa shape index (κ2) is 9.71. The van der Waals surface area contributed by atoms with E-state index in [2.05, 4.69) is 22.5 Å². The number of aliphatic imine (C=N–C) groups is 1. The van der Waals surface area contributed by atoms with Gasteiger partial charge in [-0.25, -0.2) is 12.7 Å². The van der Waals surface area contributed by atoms with E-state index < -0.39 is 10.0 Å². The minimum absolute atomic E-state index is 0.369. The molecule has 6 nitrogen and oxygen atoms in total. The van der Waals surface area contributed by atoms with E-state index in [0.29, 0.717) is 10.8 Å². The zero-order valence-electron chi connectivity index (χ0n) is 16.3. The first-order chi connectivity index (χ1) is 12.3. The molecule has 1 fully saturated rings. The molecular weight excluding hydrogens is 368 g/mol. The fraction of sp³-hybridized carbons (Fsp3) is 0.722. The smallest absolute Gasteiger partial charge is 0.252 e. The van der Waals surface area contributed by atoms with Gasteiger partial charge in [-0.1, -0.05) is 26.2 Å². The summed E-state index contributed by atoms with van der Waals surface area (Å²) < 4.78 is 25.9. The summed E-state index contributed by atoms with van der Waals surface area (Å²) in [6, 6.07) is 3.52. The Morgan fingerprint density at radius 2 is 2.08 bits per heavy atom. The van der Waals surface area contributed by atoms with E-state index in [1.807, 2.05) is 6.07 Å². The normalized spacial score (nSPS) is 21.8. The first-order valence-corrected chi connectivity index (χ1v) is 11.5. The quantitative estimate of drug-likeness (QED) is 0.545. The maximum atomic E-state index is 12.1. The van der Waals surface area contributed by atoms with Gasteiger partial charge < -0.3 is 10.6 Å². The Hall–Kier alpha value is -1.12. The van der Waals surface area contributed by atoms with Crippen LogP contribution in [-0.4, -0.2) is 46.4 Å². The summed E-state index contributed by atoms with van der Waals surface area (Å²) in [5, 5.41) is 6.64. The molecule has 0 saturated heterocycles. The average molecular weight is 401 g/mol. The number of thiophene rings is 1. The molecule has 0 radical (unpaired) electrons. The molecule has 1 aliphatic rings. The molecule has 8 heteroatoms. The van der Waals surface area contributed by atoms with Crippen LogP contribution in [0.2, 0.25) is 0 Å². The van der Waals surface area contributed by atoms with Crippen molar-refractivity contribution in [1.82, 2.24) is 14.9 Å². The van der Waals surface area contributed by atoms with Gasteiger partial charge in [-0.05, 0) is 36.8 Å². The van der Waals surface area contributed by atoms with Crippen molar-refractivity contribution in [3.8, 4) is 0 Å². The predicted molar refractivity (Wildman–Crippen MR) is 109 cm³/mol. The van der Waals surface area contributed by atoms with Crippen molar-refractivity contribution >= 4 is 27.3 Å². The molecule has 148 valence electrons. The zero-order valence-corrected chi connectivity index (χ0v) is 17.9. The van der Waals surface area contributed by atoms with Gasteiger partial charge >= 0.3 is 0 Å². The number of sulfonamides is 1. The van der Waals surface area contributed by atoms with Gasteiger partial charge in [0.15, 0.2) is 5.96 Å². The minimum Gasteiger partial charge on any atom is -0.356 e. The molecule has 0 spiro atoms. The molecule has 2 atom stereocenters. The van der Waals surface area contributed by atoms with Crippen LogP contribution in [0.15, 0.2) is 21.3 Å². The maximum Gasteiger partial charge on any atom is 0.252 e. The lowest BCUT2D eigenvalue weighted by Gasteiger charge is -2.26. The molecule has 1 aromatic heterocycles. The first-order valence-electron chi connectivity index (χ1n) is 9.28. The van der Waals surface area contributed by atoms with Crippen molar-refractivity contribution < 1.29 is 8.42 Å². The lowest BCUT2D eigenvalue weighted by Crippen LogP contribution is -2.37. The van der Waals surface area contributed by atoms with Crippen molar-refractivity contribution in [2.24, 2.45) is 16.8 Å². The third-order valence-corrected chi connectivity index (χ3v) is 8.28. The molecule has 1 saturated carbocycles. The highest BCUT2D eigenvalue weighted by atomic mass is 32.2. The van der Waals surface area contributed by atoms with Crippen LogP contribution in [0.4, 0.5) is 0 Å². The molecule has 1 aliphatic carbocycles. The topological polar surface area (TPSA) is 73.8 Å². The van der Waals surface area contributed by atoms with E-state index in [4.69, 9.17) is 0 Å². The van der Waals surface area contributed by atoms with Crippen LogP contribution in [0.25, 0.3) is 0 Å². The molecule has 0 amide bonds. The van der Waals surface area contributed by atoms with Gasteiger partial charge in [0.05, 0.1) is 6.54 Å². The standard InChI is InChI=1S/C18H32N4O2S2/c1-14-6-5-7-15(12-14)10-11-20-18(19-2)21-13-16-8-9-17(25-16)26(23,24)22(3)4/h8-9,14-15H,5-7,10-13H2,1-4H3,(H2,19,20,21). The summed E-state index contributed by atoms with van der Waals surface area (Å²) >= 11 is 1.29. The van der Waals surface area contributed by atoms with Gasteiger partial charge in [0.1, 0.15) is 4.21 Å². The molecule has 1 heterocycles. The second-order valence-corrected chi connectivity index (χ2v) is 10.8. The highest BCUT2D eigenvalue weighted by Gasteiger charge is 2.20. The van der Waals surface area contributed by atoms with Gasteiger partial charge in [-0.3, -0.25) is 4.99 Å². The minimum atomic E-state index is -3.35. The third kappa shape index (κ3) is 5.96. The van der Waals surface area contributed by atoms with E-state index >= 15 is 0 Å². The Bertz CT molecular complexity index is 698. The van der Waals surface area contributed by atoms with Crippen molar-refractivity contribution in [2.45, 2.75) is 49.8 Å². The second-order valence-electron chi connectivity index (χ2n) is 7.29. The highest BCUT2D eigenvalue weighted by Crippen LogP contribution is 2.30. The molecule has 0 aromatic carbocycles. The number of hydrogen-bond acceptors (Lipinski definition) is 4. The monoisotopic (exact) mass is 400 g/mol. The Morgan fingerprint density at radius 1 is 1.31 bits per heavy atom. The summed E-state index contributed by atoms with van der Waals surface area (Å²) in [4.78, 5) is 5.22. The number of guanidine groups is 1. The van der Waals surface area contributed by atoms with Gasteiger partial charge in [0.2, 0.25) is 0 Å². The van der Waals surface area contributed by atoms with Crippen LogP contribution in [-0.2, 0) is 16.6 Å². The molecular formula is C18H32N4O2S2. The lowest BCUT2D eigenvalue weighted by atomic mass is 9.81. The number of rotatable bonds is 7. The lowest BCUT2D eigenvalue weighted by molar-refractivity contribution is 0.270. The summed E-state index contributed by atoms with van der Waals surface area (Å²) in [5.41, 5.74) is 0. The Labute approximate surface area is 162 Å². The Kier molecular flexibility index (Phi) is 7.91. The SMILES string of the molecule is CN=C(NCCC1CCCC(C)C1)NCc1ccc(S(=O)(=O)N(C)C)s1. The third-order valence-electron chi connectivity index (χ3n) is 4.92. The number of nitrogens with zero attached hydrogens (tertiary/aromatic N) is 2. The molecule has 2 rings (SSSR count).